The Kier molecular flexibility index (Phi) is 4.78. The average Bonchev–Trinajstić information content (AvgIpc) is 2.52. The number of nitrogens with one attached hydrogen (secondary N) is 1. The Hall–Kier alpha value is -2.40. The van der Waals surface area contributed by atoms with Crippen LogP contribution in [0.25, 0.3) is 0 Å². The standard InChI is InChI=1S/C16H15N3O2.ClH/c1-19-14-4-3-13(10-12(14)2-5-15(19)20)18-16(21)11-6-8-17-9-7-11;/h3-4,6-10H,2,5H2,1H3,(H,18,21);1H. The van der Waals surface area contributed by atoms with Crippen LogP contribution >= 0.6 is 12.4 Å². The van der Waals surface area contributed by atoms with E-state index in [2.05, 4.69) is 10.3 Å². The molecule has 0 bridgehead atoms. The maximum absolute atomic E-state index is 12.1. The molecule has 2 amide bonds. The summed E-state index contributed by atoms with van der Waals surface area (Å²) in [5.74, 6) is -0.0475. The van der Waals surface area contributed by atoms with Crippen LogP contribution in [-0.2, 0) is 11.2 Å². The van der Waals surface area contributed by atoms with Gasteiger partial charge in [0.15, 0.2) is 0 Å². The first-order valence-electron chi connectivity index (χ1n) is 6.76. The average molecular weight is 318 g/mol. The zero-order valence-corrected chi connectivity index (χ0v) is 12.9. The Balaban J connectivity index is 0.00000176. The van der Waals surface area contributed by atoms with E-state index in [4.69, 9.17) is 0 Å². The topological polar surface area (TPSA) is 62.3 Å². The Bertz CT molecular complexity index is 704. The number of nitrogens with zero attached hydrogens (tertiary/aromatic N) is 2. The first-order valence-corrected chi connectivity index (χ1v) is 6.76. The summed E-state index contributed by atoms with van der Waals surface area (Å²) in [6.07, 6.45) is 4.38. The summed E-state index contributed by atoms with van der Waals surface area (Å²) >= 11 is 0. The van der Waals surface area contributed by atoms with E-state index in [9.17, 15) is 9.59 Å². The third-order valence-electron chi connectivity index (χ3n) is 3.62. The minimum Gasteiger partial charge on any atom is -0.322 e. The number of hydrogen-bond acceptors (Lipinski definition) is 3. The molecule has 0 spiro atoms. The number of aryl methyl sites for hydroxylation is 1. The van der Waals surface area contributed by atoms with Gasteiger partial charge < -0.3 is 10.2 Å². The number of amides is 2. The van der Waals surface area contributed by atoms with Gasteiger partial charge in [-0.3, -0.25) is 14.6 Å². The van der Waals surface area contributed by atoms with Crippen molar-refractivity contribution in [3.8, 4) is 0 Å². The van der Waals surface area contributed by atoms with Gasteiger partial charge in [0.2, 0.25) is 5.91 Å². The van der Waals surface area contributed by atoms with Gasteiger partial charge in [0, 0.05) is 42.8 Å². The van der Waals surface area contributed by atoms with E-state index in [0.717, 1.165) is 16.9 Å². The van der Waals surface area contributed by atoms with Gasteiger partial charge in [-0.1, -0.05) is 0 Å². The molecule has 2 heterocycles. The number of anilines is 2. The Morgan fingerprint density at radius 1 is 1.18 bits per heavy atom. The molecule has 1 aliphatic rings. The fraction of sp³-hybridized carbons (Fsp3) is 0.188. The number of benzene rings is 1. The monoisotopic (exact) mass is 317 g/mol. The number of carbonyl (C=O) groups excluding carboxylic acids is 2. The summed E-state index contributed by atoms with van der Waals surface area (Å²) in [7, 11) is 1.77. The van der Waals surface area contributed by atoms with Crippen LogP contribution in [0.5, 0.6) is 0 Å². The van der Waals surface area contributed by atoms with E-state index in [1.807, 2.05) is 18.2 Å². The number of carbonyl (C=O) groups is 2. The molecule has 0 atom stereocenters. The molecule has 0 fully saturated rings. The van der Waals surface area contributed by atoms with Gasteiger partial charge in [-0.25, -0.2) is 0 Å². The van der Waals surface area contributed by atoms with Crippen LogP contribution in [0.2, 0.25) is 0 Å². The number of fused-ring (bicyclic) bond motifs is 1. The molecule has 0 saturated heterocycles. The molecule has 114 valence electrons. The van der Waals surface area contributed by atoms with Gasteiger partial charge in [0.1, 0.15) is 0 Å². The van der Waals surface area contributed by atoms with Gasteiger partial charge in [0.05, 0.1) is 0 Å². The van der Waals surface area contributed by atoms with Crippen LogP contribution in [0.15, 0.2) is 42.7 Å². The first-order chi connectivity index (χ1) is 10.1. The predicted octanol–water partition coefficient (Wildman–Crippen LogP) is 2.66. The van der Waals surface area contributed by atoms with Crippen LogP contribution in [0.3, 0.4) is 0 Å². The van der Waals surface area contributed by atoms with Crippen LogP contribution in [0.1, 0.15) is 22.3 Å². The molecule has 5 nitrogen and oxygen atoms in total. The summed E-state index contributed by atoms with van der Waals surface area (Å²) in [5, 5.41) is 2.86. The van der Waals surface area contributed by atoms with Crippen LogP contribution in [0, 0.1) is 0 Å². The second kappa shape index (κ2) is 6.58. The largest absolute Gasteiger partial charge is 0.322 e. The molecule has 22 heavy (non-hydrogen) atoms. The smallest absolute Gasteiger partial charge is 0.255 e. The third kappa shape index (κ3) is 3.09. The lowest BCUT2D eigenvalue weighted by Crippen LogP contribution is -2.31. The van der Waals surface area contributed by atoms with Crippen molar-refractivity contribution in [1.82, 2.24) is 4.98 Å². The van der Waals surface area contributed by atoms with Gasteiger partial charge in [-0.2, -0.15) is 0 Å². The molecular weight excluding hydrogens is 302 g/mol. The van der Waals surface area contributed by atoms with Crippen molar-refractivity contribution in [2.75, 3.05) is 17.3 Å². The van der Waals surface area contributed by atoms with Crippen molar-refractivity contribution in [3.05, 3.63) is 53.9 Å². The summed E-state index contributed by atoms with van der Waals surface area (Å²) < 4.78 is 0. The number of pyridine rings is 1. The second-order valence-electron chi connectivity index (χ2n) is 4.99. The highest BCUT2D eigenvalue weighted by atomic mass is 35.5. The molecular formula is C16H16ClN3O2. The van der Waals surface area contributed by atoms with E-state index in [0.29, 0.717) is 18.4 Å². The molecule has 0 aliphatic carbocycles. The minimum atomic E-state index is -0.169. The van der Waals surface area contributed by atoms with Gasteiger partial charge in [0.25, 0.3) is 5.91 Å². The van der Waals surface area contributed by atoms with Crippen molar-refractivity contribution >= 4 is 35.6 Å². The van der Waals surface area contributed by atoms with E-state index in [1.165, 1.54) is 0 Å². The number of hydrogen-bond donors (Lipinski definition) is 1. The molecule has 1 N–H and O–H groups in total. The van der Waals surface area contributed by atoms with Crippen LogP contribution in [0.4, 0.5) is 11.4 Å². The summed E-state index contributed by atoms with van der Waals surface area (Å²) in [5.41, 5.74) is 3.28. The fourth-order valence-corrected chi connectivity index (χ4v) is 2.44. The molecule has 1 aromatic heterocycles. The second-order valence-corrected chi connectivity index (χ2v) is 4.99. The Labute approximate surface area is 134 Å². The number of halogens is 1. The lowest BCUT2D eigenvalue weighted by molar-refractivity contribution is -0.118. The van der Waals surface area contributed by atoms with Crippen molar-refractivity contribution < 1.29 is 9.59 Å². The fourth-order valence-electron chi connectivity index (χ4n) is 2.44. The lowest BCUT2D eigenvalue weighted by atomic mass is 10.0. The maximum Gasteiger partial charge on any atom is 0.255 e. The van der Waals surface area contributed by atoms with E-state index < -0.39 is 0 Å². The van der Waals surface area contributed by atoms with Gasteiger partial charge >= 0.3 is 0 Å². The molecule has 2 aromatic rings. The Morgan fingerprint density at radius 2 is 1.91 bits per heavy atom. The van der Waals surface area contributed by atoms with Crippen molar-refractivity contribution in [2.24, 2.45) is 0 Å². The van der Waals surface area contributed by atoms with Gasteiger partial charge in [-0.15, -0.1) is 12.4 Å². The molecule has 0 saturated carbocycles. The first kappa shape index (κ1) is 16.0. The van der Waals surface area contributed by atoms with Crippen molar-refractivity contribution in [1.29, 1.82) is 0 Å². The summed E-state index contributed by atoms with van der Waals surface area (Å²) in [6, 6.07) is 8.94. The van der Waals surface area contributed by atoms with Crippen molar-refractivity contribution in [2.45, 2.75) is 12.8 Å². The maximum atomic E-state index is 12.1. The van der Waals surface area contributed by atoms with Crippen LogP contribution in [-0.4, -0.2) is 23.8 Å². The highest BCUT2D eigenvalue weighted by Gasteiger charge is 2.21. The SMILES string of the molecule is CN1C(=O)CCc2cc(NC(=O)c3ccncc3)ccc21.Cl. The van der Waals surface area contributed by atoms with Crippen LogP contribution < -0.4 is 10.2 Å². The number of rotatable bonds is 2. The van der Waals surface area contributed by atoms with Crippen molar-refractivity contribution in [3.63, 3.8) is 0 Å². The van der Waals surface area contributed by atoms with E-state index in [1.54, 1.807) is 36.5 Å². The minimum absolute atomic E-state index is 0. The molecule has 0 unspecified atom stereocenters. The molecule has 0 radical (unpaired) electrons. The zero-order chi connectivity index (χ0) is 14.8. The zero-order valence-electron chi connectivity index (χ0n) is 12.1. The molecule has 6 heteroatoms. The summed E-state index contributed by atoms with van der Waals surface area (Å²) in [6.45, 7) is 0. The van der Waals surface area contributed by atoms with Gasteiger partial charge in [-0.05, 0) is 42.3 Å². The molecule has 1 aliphatic heterocycles. The summed E-state index contributed by atoms with van der Waals surface area (Å²) in [4.78, 5) is 29.3. The lowest BCUT2D eigenvalue weighted by Gasteiger charge is -2.26. The number of aromatic nitrogens is 1. The third-order valence-corrected chi connectivity index (χ3v) is 3.62. The quantitative estimate of drug-likeness (QED) is 0.926. The molecule has 3 rings (SSSR count). The normalized spacial score (nSPS) is 13.1. The highest BCUT2D eigenvalue weighted by Crippen LogP contribution is 2.29. The molecule has 1 aromatic carbocycles. The Morgan fingerprint density at radius 3 is 2.64 bits per heavy atom. The predicted molar refractivity (Wildman–Crippen MR) is 87.6 cm³/mol. The highest BCUT2D eigenvalue weighted by molar-refractivity contribution is 6.04. The van der Waals surface area contributed by atoms with E-state index >= 15 is 0 Å². The van der Waals surface area contributed by atoms with E-state index in [-0.39, 0.29) is 24.2 Å².